The predicted molar refractivity (Wildman–Crippen MR) is 103 cm³/mol. The van der Waals surface area contributed by atoms with Crippen molar-refractivity contribution in [2.24, 2.45) is 5.41 Å². The average Bonchev–Trinajstić information content (AvgIpc) is 3.01. The Labute approximate surface area is 158 Å². The zero-order chi connectivity index (χ0) is 19.3. The fourth-order valence-corrected chi connectivity index (χ4v) is 3.92. The summed E-state index contributed by atoms with van der Waals surface area (Å²) in [5, 5.41) is 11.7. The fourth-order valence-electron chi connectivity index (χ4n) is 2.74. The molecule has 1 saturated heterocycles. The van der Waals surface area contributed by atoms with Crippen molar-refractivity contribution < 1.29 is 19.5 Å². The second-order valence-electron chi connectivity index (χ2n) is 7.70. The smallest absolute Gasteiger partial charge is 0.303 e. The summed E-state index contributed by atoms with van der Waals surface area (Å²) in [6.07, 6.45) is 0.863. The van der Waals surface area contributed by atoms with Crippen molar-refractivity contribution in [2.75, 3.05) is 16.9 Å². The van der Waals surface area contributed by atoms with Crippen molar-refractivity contribution in [3.63, 3.8) is 0 Å². The van der Waals surface area contributed by atoms with Crippen LogP contribution in [0.15, 0.2) is 24.3 Å². The second kappa shape index (κ2) is 8.58. The van der Waals surface area contributed by atoms with Crippen LogP contribution in [0.25, 0.3) is 0 Å². The number of aryl methyl sites for hydroxylation is 1. The summed E-state index contributed by atoms with van der Waals surface area (Å²) in [7, 11) is 0. The molecule has 0 aliphatic carbocycles. The molecule has 1 heterocycles. The molecule has 1 aliphatic rings. The average molecular weight is 378 g/mol. The predicted octanol–water partition coefficient (Wildman–Crippen LogP) is 2.98. The standard InChI is InChI=1S/C19H26N2O4S/c1-19(2,3)10-16(22)21-12-26-11-15(21)18(25)20-14-6-4-5-13(9-14)7-8-17(23)24/h4-6,9,15H,7-8,10-12H2,1-3H3,(H,20,25)(H,23,24). The van der Waals surface area contributed by atoms with Crippen LogP contribution in [0.5, 0.6) is 0 Å². The molecule has 1 aliphatic heterocycles. The summed E-state index contributed by atoms with van der Waals surface area (Å²) in [4.78, 5) is 37.5. The Morgan fingerprint density at radius 1 is 1.31 bits per heavy atom. The van der Waals surface area contributed by atoms with Crippen LogP contribution in [-0.4, -0.2) is 45.5 Å². The molecule has 1 aromatic carbocycles. The molecule has 6 nitrogen and oxygen atoms in total. The normalized spacial score (nSPS) is 17.2. The molecule has 0 saturated carbocycles. The van der Waals surface area contributed by atoms with Crippen LogP contribution in [0.3, 0.4) is 0 Å². The Bertz CT molecular complexity index is 684. The molecule has 0 radical (unpaired) electrons. The van der Waals surface area contributed by atoms with Crippen LogP contribution < -0.4 is 5.32 Å². The number of thioether (sulfide) groups is 1. The van der Waals surface area contributed by atoms with E-state index in [1.165, 1.54) is 0 Å². The van der Waals surface area contributed by atoms with Crippen molar-refractivity contribution in [2.45, 2.75) is 46.1 Å². The molecule has 1 aromatic rings. The molecule has 2 amide bonds. The monoisotopic (exact) mass is 378 g/mol. The molecule has 142 valence electrons. The topological polar surface area (TPSA) is 86.7 Å². The van der Waals surface area contributed by atoms with E-state index < -0.39 is 12.0 Å². The van der Waals surface area contributed by atoms with E-state index in [0.29, 0.717) is 30.2 Å². The highest BCUT2D eigenvalue weighted by molar-refractivity contribution is 7.99. The summed E-state index contributed by atoms with van der Waals surface area (Å²) >= 11 is 1.58. The summed E-state index contributed by atoms with van der Waals surface area (Å²) in [5.41, 5.74) is 1.36. The third-order valence-corrected chi connectivity index (χ3v) is 5.02. The lowest BCUT2D eigenvalue weighted by molar-refractivity contribution is -0.137. The number of nitrogens with one attached hydrogen (secondary N) is 1. The number of aliphatic carboxylic acids is 1. The first-order valence-electron chi connectivity index (χ1n) is 8.64. The van der Waals surface area contributed by atoms with E-state index in [1.807, 2.05) is 26.8 Å². The van der Waals surface area contributed by atoms with Gasteiger partial charge in [0.15, 0.2) is 0 Å². The van der Waals surface area contributed by atoms with Gasteiger partial charge in [0.2, 0.25) is 11.8 Å². The molecule has 7 heteroatoms. The molecule has 1 unspecified atom stereocenters. The van der Waals surface area contributed by atoms with E-state index in [0.717, 1.165) is 5.56 Å². The van der Waals surface area contributed by atoms with E-state index in [1.54, 1.807) is 34.9 Å². The van der Waals surface area contributed by atoms with Gasteiger partial charge in [0.1, 0.15) is 6.04 Å². The lowest BCUT2D eigenvalue weighted by Crippen LogP contribution is -2.45. The van der Waals surface area contributed by atoms with Gasteiger partial charge in [-0.05, 0) is 29.5 Å². The molecule has 0 aromatic heterocycles. The molecule has 2 N–H and O–H groups in total. The number of carboxylic acids is 1. The van der Waals surface area contributed by atoms with Crippen molar-refractivity contribution in [3.05, 3.63) is 29.8 Å². The third kappa shape index (κ3) is 6.05. The number of carbonyl (C=O) groups excluding carboxylic acids is 2. The highest BCUT2D eigenvalue weighted by Gasteiger charge is 2.35. The molecular weight excluding hydrogens is 352 g/mol. The first-order chi connectivity index (χ1) is 12.2. The van der Waals surface area contributed by atoms with Crippen LogP contribution in [0, 0.1) is 5.41 Å². The van der Waals surface area contributed by atoms with Crippen LogP contribution in [0.4, 0.5) is 5.69 Å². The number of amides is 2. The lowest BCUT2D eigenvalue weighted by Gasteiger charge is -2.26. The number of hydrogen-bond acceptors (Lipinski definition) is 4. The highest BCUT2D eigenvalue weighted by Crippen LogP contribution is 2.27. The Morgan fingerprint density at radius 3 is 2.69 bits per heavy atom. The van der Waals surface area contributed by atoms with Gasteiger partial charge < -0.3 is 15.3 Å². The minimum Gasteiger partial charge on any atom is -0.481 e. The van der Waals surface area contributed by atoms with Crippen molar-refractivity contribution >= 4 is 35.2 Å². The minimum atomic E-state index is -0.851. The maximum absolute atomic E-state index is 12.7. The minimum absolute atomic E-state index is 0.00198. The Morgan fingerprint density at radius 2 is 2.04 bits per heavy atom. The molecule has 26 heavy (non-hydrogen) atoms. The third-order valence-electron chi connectivity index (χ3n) is 4.01. The van der Waals surface area contributed by atoms with Crippen molar-refractivity contribution in [1.29, 1.82) is 0 Å². The van der Waals surface area contributed by atoms with Gasteiger partial charge in [-0.1, -0.05) is 32.9 Å². The van der Waals surface area contributed by atoms with Gasteiger partial charge in [0, 0.05) is 24.3 Å². The number of rotatable bonds is 6. The first-order valence-corrected chi connectivity index (χ1v) is 9.80. The molecular formula is C19H26N2O4S. The SMILES string of the molecule is CC(C)(C)CC(=O)N1CSCC1C(=O)Nc1cccc(CCC(=O)O)c1. The summed E-state index contributed by atoms with van der Waals surface area (Å²) < 4.78 is 0. The van der Waals surface area contributed by atoms with E-state index >= 15 is 0 Å². The van der Waals surface area contributed by atoms with Gasteiger partial charge in [-0.15, -0.1) is 11.8 Å². The van der Waals surface area contributed by atoms with E-state index in [2.05, 4.69) is 5.32 Å². The summed E-state index contributed by atoms with van der Waals surface area (Å²) in [5.74, 6) is 0.0624. The van der Waals surface area contributed by atoms with Crippen molar-refractivity contribution in [3.8, 4) is 0 Å². The van der Waals surface area contributed by atoms with Crippen LogP contribution in [-0.2, 0) is 20.8 Å². The number of anilines is 1. The van der Waals surface area contributed by atoms with E-state index in [9.17, 15) is 14.4 Å². The highest BCUT2D eigenvalue weighted by atomic mass is 32.2. The summed E-state index contributed by atoms with van der Waals surface area (Å²) in [6, 6.07) is 6.70. The number of hydrogen-bond donors (Lipinski definition) is 2. The second-order valence-corrected chi connectivity index (χ2v) is 8.70. The number of carbonyl (C=O) groups is 3. The molecule has 2 rings (SSSR count). The number of benzene rings is 1. The van der Waals surface area contributed by atoms with Gasteiger partial charge in [-0.25, -0.2) is 0 Å². The van der Waals surface area contributed by atoms with Crippen LogP contribution >= 0.6 is 11.8 Å². The Balaban J connectivity index is 2.01. The largest absolute Gasteiger partial charge is 0.481 e. The van der Waals surface area contributed by atoms with Gasteiger partial charge in [0.05, 0.1) is 5.88 Å². The van der Waals surface area contributed by atoms with Crippen LogP contribution in [0.2, 0.25) is 0 Å². The van der Waals surface area contributed by atoms with Gasteiger partial charge in [-0.2, -0.15) is 0 Å². The number of nitrogens with zero attached hydrogens (tertiary/aromatic N) is 1. The number of carboxylic acid groups (broad SMARTS) is 1. The van der Waals surface area contributed by atoms with Gasteiger partial charge in [0.25, 0.3) is 0 Å². The first kappa shape index (κ1) is 20.3. The quantitative estimate of drug-likeness (QED) is 0.795. The molecule has 0 spiro atoms. The maximum Gasteiger partial charge on any atom is 0.303 e. The van der Waals surface area contributed by atoms with E-state index in [4.69, 9.17) is 5.11 Å². The van der Waals surface area contributed by atoms with Crippen molar-refractivity contribution in [1.82, 2.24) is 4.90 Å². The Hall–Kier alpha value is -2.02. The Kier molecular flexibility index (Phi) is 6.69. The lowest BCUT2D eigenvalue weighted by atomic mass is 9.91. The molecule has 1 fully saturated rings. The van der Waals surface area contributed by atoms with E-state index in [-0.39, 0.29) is 23.7 Å². The zero-order valence-electron chi connectivity index (χ0n) is 15.4. The maximum atomic E-state index is 12.7. The van der Waals surface area contributed by atoms with Crippen LogP contribution in [0.1, 0.15) is 39.2 Å². The van der Waals surface area contributed by atoms with Gasteiger partial charge in [-0.3, -0.25) is 14.4 Å². The molecule has 1 atom stereocenters. The fraction of sp³-hybridized carbons (Fsp3) is 0.526. The summed E-state index contributed by atoms with van der Waals surface area (Å²) in [6.45, 7) is 6.02. The zero-order valence-corrected chi connectivity index (χ0v) is 16.3. The van der Waals surface area contributed by atoms with Gasteiger partial charge >= 0.3 is 5.97 Å². The molecule has 0 bridgehead atoms.